The van der Waals surface area contributed by atoms with Crippen LogP contribution in [-0.2, 0) is 12.4 Å². The molecule has 0 aromatic heterocycles. The molecule has 1 rings (SSSR count). The summed E-state index contributed by atoms with van der Waals surface area (Å²) >= 11 is 4.79. The molecule has 0 bridgehead atoms. The average molecular weight is 316 g/mol. The molecule has 20 heavy (non-hydrogen) atoms. The Morgan fingerprint density at radius 2 is 1.35 bits per heavy atom. The summed E-state index contributed by atoms with van der Waals surface area (Å²) in [4.78, 5) is 1.35. The lowest BCUT2D eigenvalue weighted by Crippen LogP contribution is -2.27. The van der Waals surface area contributed by atoms with E-state index < -0.39 is 23.5 Å². The summed E-state index contributed by atoms with van der Waals surface area (Å²) in [6.45, 7) is 0. The summed E-state index contributed by atoms with van der Waals surface area (Å²) in [6.07, 6.45) is -9.76. The lowest BCUT2D eigenvalue weighted by atomic mass is 10.1. The molecule has 112 valence electrons. The summed E-state index contributed by atoms with van der Waals surface area (Å²) in [7, 11) is 3.02. The summed E-state index contributed by atoms with van der Waals surface area (Å²) < 4.78 is 75.6. The highest BCUT2D eigenvalue weighted by Gasteiger charge is 2.37. The quantitative estimate of drug-likeness (QED) is 0.623. The zero-order valence-electron chi connectivity index (χ0n) is 10.4. The highest BCUT2D eigenvalue weighted by molar-refractivity contribution is 7.80. The van der Waals surface area contributed by atoms with Gasteiger partial charge in [-0.2, -0.15) is 26.3 Å². The van der Waals surface area contributed by atoms with E-state index in [9.17, 15) is 26.3 Å². The van der Waals surface area contributed by atoms with Gasteiger partial charge in [-0.05, 0) is 30.4 Å². The molecule has 0 aliphatic rings. The van der Waals surface area contributed by atoms with E-state index in [1.807, 2.05) is 0 Å². The van der Waals surface area contributed by atoms with Crippen molar-refractivity contribution in [3.8, 4) is 0 Å². The second kappa shape index (κ2) is 5.47. The number of nitrogens with zero attached hydrogens (tertiary/aromatic N) is 1. The molecule has 0 saturated heterocycles. The largest absolute Gasteiger partial charge is 0.416 e. The molecule has 0 atom stereocenters. The van der Waals surface area contributed by atoms with Crippen LogP contribution in [0.2, 0.25) is 0 Å². The Balaban J connectivity index is 3.28. The highest BCUT2D eigenvalue weighted by Crippen LogP contribution is 2.37. The molecule has 1 aromatic carbocycles. The molecule has 0 amide bonds. The van der Waals surface area contributed by atoms with Gasteiger partial charge >= 0.3 is 12.4 Å². The Bertz CT molecular complexity index is 474. The van der Waals surface area contributed by atoms with Gasteiger partial charge in [-0.25, -0.2) is 0 Å². The van der Waals surface area contributed by atoms with Gasteiger partial charge in [-0.15, -0.1) is 0 Å². The molecule has 1 aromatic rings. The Labute approximate surface area is 116 Å². The monoisotopic (exact) mass is 316 g/mol. The molecule has 0 spiro atoms. The van der Waals surface area contributed by atoms with E-state index in [1.165, 1.54) is 19.0 Å². The number of thiocarbonyl (C=S) groups is 1. The van der Waals surface area contributed by atoms with Crippen molar-refractivity contribution < 1.29 is 26.3 Å². The van der Waals surface area contributed by atoms with Crippen LogP contribution in [0.5, 0.6) is 0 Å². The second-order valence-electron chi connectivity index (χ2n) is 4.12. The first-order valence-electron chi connectivity index (χ1n) is 5.19. The maximum absolute atomic E-state index is 12.6. The van der Waals surface area contributed by atoms with Crippen LogP contribution in [0.1, 0.15) is 11.1 Å². The SMILES string of the molecule is CN(C)C(=S)Nc1cc(C(F)(F)F)cc(C(F)(F)F)c1. The van der Waals surface area contributed by atoms with E-state index in [4.69, 9.17) is 12.2 Å². The molecule has 0 radical (unpaired) electrons. The van der Waals surface area contributed by atoms with Crippen molar-refractivity contribution in [3.05, 3.63) is 29.3 Å². The summed E-state index contributed by atoms with van der Waals surface area (Å²) in [5.41, 5.74) is -3.15. The topological polar surface area (TPSA) is 15.3 Å². The van der Waals surface area contributed by atoms with Crippen LogP contribution in [0, 0.1) is 0 Å². The molecular formula is C11H10F6N2S. The van der Waals surface area contributed by atoms with Crippen molar-refractivity contribution in [1.29, 1.82) is 0 Å². The van der Waals surface area contributed by atoms with Crippen molar-refractivity contribution in [2.75, 3.05) is 19.4 Å². The number of hydrogen-bond acceptors (Lipinski definition) is 1. The Kier molecular flexibility index (Phi) is 4.52. The number of benzene rings is 1. The number of nitrogens with one attached hydrogen (secondary N) is 1. The third-order valence-electron chi connectivity index (χ3n) is 2.25. The van der Waals surface area contributed by atoms with E-state index in [0.29, 0.717) is 12.1 Å². The molecule has 0 aliphatic heterocycles. The third kappa shape index (κ3) is 4.26. The minimum absolute atomic E-state index is 0.00236. The smallest absolute Gasteiger partial charge is 0.355 e. The van der Waals surface area contributed by atoms with Crippen LogP contribution in [-0.4, -0.2) is 24.1 Å². The number of anilines is 1. The minimum Gasteiger partial charge on any atom is -0.355 e. The summed E-state index contributed by atoms with van der Waals surface area (Å²) in [6, 6.07) is 1.21. The van der Waals surface area contributed by atoms with Crippen LogP contribution in [0.25, 0.3) is 0 Å². The molecule has 9 heteroatoms. The van der Waals surface area contributed by atoms with Gasteiger partial charge in [0.05, 0.1) is 11.1 Å². The van der Waals surface area contributed by atoms with E-state index in [2.05, 4.69) is 5.32 Å². The van der Waals surface area contributed by atoms with Crippen LogP contribution in [0.15, 0.2) is 18.2 Å². The minimum atomic E-state index is -4.88. The molecule has 0 fully saturated rings. The summed E-state index contributed by atoms with van der Waals surface area (Å²) in [5, 5.41) is 2.32. The van der Waals surface area contributed by atoms with Crippen LogP contribution < -0.4 is 5.32 Å². The maximum atomic E-state index is 12.6. The van der Waals surface area contributed by atoms with Crippen LogP contribution >= 0.6 is 12.2 Å². The fourth-order valence-corrected chi connectivity index (χ4v) is 1.38. The van der Waals surface area contributed by atoms with Gasteiger partial charge < -0.3 is 10.2 Å². The van der Waals surface area contributed by atoms with Gasteiger partial charge in [-0.3, -0.25) is 0 Å². The number of halogens is 6. The zero-order chi connectivity index (χ0) is 15.7. The van der Waals surface area contributed by atoms with Gasteiger partial charge in [0.15, 0.2) is 5.11 Å². The van der Waals surface area contributed by atoms with Gasteiger partial charge in [0.1, 0.15) is 0 Å². The van der Waals surface area contributed by atoms with Crippen LogP contribution in [0.4, 0.5) is 32.0 Å². The predicted octanol–water partition coefficient (Wildman–Crippen LogP) is 3.98. The highest BCUT2D eigenvalue weighted by atomic mass is 32.1. The molecule has 1 N–H and O–H groups in total. The normalized spacial score (nSPS) is 12.2. The lowest BCUT2D eigenvalue weighted by molar-refractivity contribution is -0.143. The van der Waals surface area contributed by atoms with Gasteiger partial charge in [-0.1, -0.05) is 0 Å². The lowest BCUT2D eigenvalue weighted by Gasteiger charge is -2.18. The number of hydrogen-bond donors (Lipinski definition) is 1. The fraction of sp³-hybridized carbons (Fsp3) is 0.364. The van der Waals surface area contributed by atoms with Crippen molar-refractivity contribution >= 4 is 23.0 Å². The fourth-order valence-electron chi connectivity index (χ4n) is 1.26. The molecular weight excluding hydrogens is 306 g/mol. The van der Waals surface area contributed by atoms with Crippen LogP contribution in [0.3, 0.4) is 0 Å². The Hall–Kier alpha value is -1.51. The Morgan fingerprint density at radius 3 is 1.65 bits per heavy atom. The molecule has 0 aliphatic carbocycles. The average Bonchev–Trinajstić information content (AvgIpc) is 2.26. The first-order chi connectivity index (χ1) is 8.91. The van der Waals surface area contributed by atoms with E-state index in [0.717, 1.165) is 0 Å². The van der Waals surface area contributed by atoms with E-state index in [1.54, 1.807) is 0 Å². The van der Waals surface area contributed by atoms with Gasteiger partial charge in [0, 0.05) is 19.8 Å². The van der Waals surface area contributed by atoms with E-state index in [-0.39, 0.29) is 16.9 Å². The second-order valence-corrected chi connectivity index (χ2v) is 4.51. The molecule has 0 heterocycles. The molecule has 2 nitrogen and oxygen atoms in total. The van der Waals surface area contributed by atoms with Crippen molar-refractivity contribution in [2.24, 2.45) is 0 Å². The molecule has 0 unspecified atom stereocenters. The van der Waals surface area contributed by atoms with Gasteiger partial charge in [0.2, 0.25) is 0 Å². The van der Waals surface area contributed by atoms with Crippen molar-refractivity contribution in [3.63, 3.8) is 0 Å². The van der Waals surface area contributed by atoms with Crippen molar-refractivity contribution in [1.82, 2.24) is 4.90 Å². The Morgan fingerprint density at radius 1 is 0.950 bits per heavy atom. The maximum Gasteiger partial charge on any atom is 0.416 e. The third-order valence-corrected chi connectivity index (χ3v) is 2.71. The van der Waals surface area contributed by atoms with E-state index >= 15 is 0 Å². The summed E-state index contributed by atoms with van der Waals surface area (Å²) in [5.74, 6) is 0. The van der Waals surface area contributed by atoms with Crippen molar-refractivity contribution in [2.45, 2.75) is 12.4 Å². The molecule has 0 saturated carbocycles. The van der Waals surface area contributed by atoms with Gasteiger partial charge in [0.25, 0.3) is 0 Å². The first kappa shape index (κ1) is 16.5. The predicted molar refractivity (Wildman–Crippen MR) is 66.4 cm³/mol. The zero-order valence-corrected chi connectivity index (χ0v) is 11.2. The standard InChI is InChI=1S/C11H10F6N2S/c1-19(2)9(20)18-8-4-6(10(12,13)14)3-7(5-8)11(15,16)17/h3-5H,1-2H3,(H,18,20). The number of rotatable bonds is 1. The number of alkyl halides is 6. The first-order valence-corrected chi connectivity index (χ1v) is 5.60.